The Bertz CT molecular complexity index is 666. The lowest BCUT2D eigenvalue weighted by molar-refractivity contribution is -0.137. The van der Waals surface area contributed by atoms with Gasteiger partial charge in [0.2, 0.25) is 0 Å². The molecule has 2 rings (SSSR count). The van der Waals surface area contributed by atoms with E-state index in [0.717, 1.165) is 9.13 Å². The SMILES string of the molecule is COC(=O)C1=C(C)NC(C)=C(C(=O)OC)C1c1ccc(I)cc1. The van der Waals surface area contributed by atoms with Crippen molar-refractivity contribution in [3.63, 3.8) is 0 Å². The molecule has 5 nitrogen and oxygen atoms in total. The Morgan fingerprint density at radius 2 is 1.39 bits per heavy atom. The van der Waals surface area contributed by atoms with E-state index in [2.05, 4.69) is 27.9 Å². The summed E-state index contributed by atoms with van der Waals surface area (Å²) < 4.78 is 10.9. The van der Waals surface area contributed by atoms with Gasteiger partial charge in [0.1, 0.15) is 0 Å². The maximum atomic E-state index is 12.3. The summed E-state index contributed by atoms with van der Waals surface area (Å²) in [6.07, 6.45) is 0. The molecule has 6 heteroatoms. The highest BCUT2D eigenvalue weighted by Gasteiger charge is 2.37. The summed E-state index contributed by atoms with van der Waals surface area (Å²) in [4.78, 5) is 24.6. The fourth-order valence-electron chi connectivity index (χ4n) is 2.74. The van der Waals surface area contributed by atoms with E-state index in [9.17, 15) is 9.59 Å². The van der Waals surface area contributed by atoms with Crippen molar-refractivity contribution in [2.45, 2.75) is 19.8 Å². The molecule has 0 amide bonds. The number of ether oxygens (including phenoxy) is 2. The third kappa shape index (κ3) is 3.41. The van der Waals surface area contributed by atoms with Crippen LogP contribution in [0.2, 0.25) is 0 Å². The van der Waals surface area contributed by atoms with Crippen molar-refractivity contribution in [2.24, 2.45) is 0 Å². The van der Waals surface area contributed by atoms with Crippen LogP contribution in [0.25, 0.3) is 0 Å². The number of methoxy groups -OCH3 is 2. The van der Waals surface area contributed by atoms with Crippen molar-refractivity contribution >= 4 is 34.5 Å². The van der Waals surface area contributed by atoms with Crippen molar-refractivity contribution in [2.75, 3.05) is 14.2 Å². The quantitative estimate of drug-likeness (QED) is 0.594. The Labute approximate surface area is 148 Å². The Hall–Kier alpha value is -1.83. The number of carbonyl (C=O) groups is 2. The summed E-state index contributed by atoms with van der Waals surface area (Å²) in [7, 11) is 2.66. The molecule has 1 heterocycles. The van der Waals surface area contributed by atoms with Crippen LogP contribution < -0.4 is 5.32 Å². The minimum atomic E-state index is -0.520. The molecule has 1 aliphatic heterocycles. The van der Waals surface area contributed by atoms with E-state index in [1.807, 2.05) is 24.3 Å². The van der Waals surface area contributed by atoms with Gasteiger partial charge in [-0.05, 0) is 54.1 Å². The van der Waals surface area contributed by atoms with Crippen molar-refractivity contribution in [1.82, 2.24) is 5.32 Å². The molecule has 1 aromatic rings. The highest BCUT2D eigenvalue weighted by atomic mass is 127. The third-order valence-corrected chi connectivity index (χ3v) is 4.49. The predicted molar refractivity (Wildman–Crippen MR) is 94.5 cm³/mol. The van der Waals surface area contributed by atoms with Gasteiger partial charge in [0.15, 0.2) is 0 Å². The van der Waals surface area contributed by atoms with Gasteiger partial charge in [0, 0.05) is 15.0 Å². The summed E-state index contributed by atoms with van der Waals surface area (Å²) in [5.41, 5.74) is 3.02. The van der Waals surface area contributed by atoms with Crippen LogP contribution in [0.4, 0.5) is 0 Å². The average molecular weight is 427 g/mol. The van der Waals surface area contributed by atoms with Gasteiger partial charge in [0.05, 0.1) is 31.3 Å². The standard InChI is InChI=1S/C17H18INO4/c1-9-13(16(20)22-3)15(11-5-7-12(18)8-6-11)14(10(2)19-9)17(21)23-4/h5-8,15,19H,1-4H3. The number of halogens is 1. The topological polar surface area (TPSA) is 64.6 Å². The van der Waals surface area contributed by atoms with Crippen molar-refractivity contribution < 1.29 is 19.1 Å². The lowest BCUT2D eigenvalue weighted by Crippen LogP contribution is -2.32. The highest BCUT2D eigenvalue weighted by molar-refractivity contribution is 14.1. The molecule has 0 unspecified atom stereocenters. The molecule has 0 atom stereocenters. The van der Waals surface area contributed by atoms with E-state index in [1.165, 1.54) is 14.2 Å². The summed E-state index contributed by atoms with van der Waals surface area (Å²) in [6.45, 7) is 3.59. The second kappa shape index (κ2) is 7.16. The van der Waals surface area contributed by atoms with Gasteiger partial charge in [-0.25, -0.2) is 9.59 Å². The zero-order chi connectivity index (χ0) is 17.1. The molecule has 0 saturated carbocycles. The molecule has 23 heavy (non-hydrogen) atoms. The molecular weight excluding hydrogens is 409 g/mol. The molecule has 1 aliphatic rings. The number of benzene rings is 1. The normalized spacial score (nSPS) is 15.3. The first-order valence-corrected chi connectivity index (χ1v) is 8.09. The van der Waals surface area contributed by atoms with E-state index < -0.39 is 17.9 Å². The average Bonchev–Trinajstić information content (AvgIpc) is 2.53. The summed E-state index contributed by atoms with van der Waals surface area (Å²) in [6, 6.07) is 7.69. The fourth-order valence-corrected chi connectivity index (χ4v) is 3.10. The van der Waals surface area contributed by atoms with Gasteiger partial charge in [-0.15, -0.1) is 0 Å². The van der Waals surface area contributed by atoms with Crippen molar-refractivity contribution in [3.8, 4) is 0 Å². The second-order valence-electron chi connectivity index (χ2n) is 5.17. The molecule has 1 N–H and O–H groups in total. The van der Waals surface area contributed by atoms with Crippen LogP contribution in [-0.2, 0) is 19.1 Å². The summed E-state index contributed by atoms with van der Waals surface area (Å²) in [5, 5.41) is 3.08. The molecule has 0 fully saturated rings. The maximum Gasteiger partial charge on any atom is 0.336 e. The van der Waals surface area contributed by atoms with Gasteiger partial charge in [-0.2, -0.15) is 0 Å². The number of nitrogens with one attached hydrogen (secondary N) is 1. The molecule has 0 spiro atoms. The van der Waals surface area contributed by atoms with Gasteiger partial charge in [-0.1, -0.05) is 12.1 Å². The molecule has 0 aliphatic carbocycles. The van der Waals surface area contributed by atoms with E-state index >= 15 is 0 Å². The van der Waals surface area contributed by atoms with Crippen LogP contribution in [0.5, 0.6) is 0 Å². The lowest BCUT2D eigenvalue weighted by atomic mass is 9.80. The molecule has 122 valence electrons. The molecule has 0 aromatic heterocycles. The Morgan fingerprint density at radius 1 is 0.957 bits per heavy atom. The molecule has 0 bridgehead atoms. The van der Waals surface area contributed by atoms with Crippen LogP contribution in [0.1, 0.15) is 25.3 Å². The number of allylic oxidation sites excluding steroid dienone is 2. The van der Waals surface area contributed by atoms with Crippen LogP contribution >= 0.6 is 22.6 Å². The molecule has 0 radical (unpaired) electrons. The highest BCUT2D eigenvalue weighted by Crippen LogP contribution is 2.39. The zero-order valence-electron chi connectivity index (χ0n) is 13.4. The Balaban J connectivity index is 2.66. The number of carbonyl (C=O) groups excluding carboxylic acids is 2. The first-order valence-electron chi connectivity index (χ1n) is 7.01. The van der Waals surface area contributed by atoms with Crippen molar-refractivity contribution in [3.05, 3.63) is 55.9 Å². The number of rotatable bonds is 3. The van der Waals surface area contributed by atoms with Crippen LogP contribution in [0, 0.1) is 3.57 Å². The monoisotopic (exact) mass is 427 g/mol. The number of hydrogen-bond acceptors (Lipinski definition) is 5. The summed E-state index contributed by atoms with van der Waals surface area (Å²) in [5.74, 6) is -1.45. The van der Waals surface area contributed by atoms with Gasteiger partial charge < -0.3 is 14.8 Å². The van der Waals surface area contributed by atoms with Crippen LogP contribution in [-0.4, -0.2) is 26.2 Å². The lowest BCUT2D eigenvalue weighted by Gasteiger charge is -2.30. The summed E-state index contributed by atoms with van der Waals surface area (Å²) >= 11 is 2.21. The van der Waals surface area contributed by atoms with Gasteiger partial charge in [0.25, 0.3) is 0 Å². The minimum Gasteiger partial charge on any atom is -0.466 e. The first kappa shape index (κ1) is 17.5. The maximum absolute atomic E-state index is 12.3. The Kier molecular flexibility index (Phi) is 5.46. The van der Waals surface area contributed by atoms with E-state index in [4.69, 9.17) is 9.47 Å². The Morgan fingerprint density at radius 3 is 1.78 bits per heavy atom. The zero-order valence-corrected chi connectivity index (χ0v) is 15.6. The van der Waals surface area contributed by atoms with E-state index in [-0.39, 0.29) is 0 Å². The molecular formula is C17H18INO4. The largest absolute Gasteiger partial charge is 0.466 e. The van der Waals surface area contributed by atoms with Crippen LogP contribution in [0.15, 0.2) is 46.8 Å². The fraction of sp³-hybridized carbons (Fsp3) is 0.294. The van der Waals surface area contributed by atoms with Crippen molar-refractivity contribution in [1.29, 1.82) is 0 Å². The van der Waals surface area contributed by atoms with E-state index in [0.29, 0.717) is 22.5 Å². The molecule has 0 saturated heterocycles. The smallest absolute Gasteiger partial charge is 0.336 e. The van der Waals surface area contributed by atoms with Gasteiger partial charge >= 0.3 is 11.9 Å². The second-order valence-corrected chi connectivity index (χ2v) is 6.42. The number of hydrogen-bond donors (Lipinski definition) is 1. The van der Waals surface area contributed by atoms with Gasteiger partial charge in [-0.3, -0.25) is 0 Å². The van der Waals surface area contributed by atoms with Crippen LogP contribution in [0.3, 0.4) is 0 Å². The number of esters is 2. The minimum absolute atomic E-state index is 0.416. The first-order chi connectivity index (χ1) is 10.9. The predicted octanol–water partition coefficient (Wildman–Crippen LogP) is 2.87. The van der Waals surface area contributed by atoms with E-state index in [1.54, 1.807) is 13.8 Å². The third-order valence-electron chi connectivity index (χ3n) is 3.77. The number of dihydropyridines is 1. The molecule has 1 aromatic carbocycles.